The summed E-state index contributed by atoms with van der Waals surface area (Å²) in [5.74, 6) is -0.809. The van der Waals surface area contributed by atoms with Crippen molar-refractivity contribution in [3.8, 4) is 0 Å². The van der Waals surface area contributed by atoms with Crippen LogP contribution in [0.4, 0.5) is 0 Å². The monoisotopic (exact) mass is 405 g/mol. The predicted molar refractivity (Wildman–Crippen MR) is 108 cm³/mol. The molecule has 3 amide bonds. The molecule has 0 bridgehead atoms. The Kier molecular flexibility index (Phi) is 4.60. The first-order valence-electron chi connectivity index (χ1n) is 10.2. The zero-order valence-electron chi connectivity index (χ0n) is 16.5. The van der Waals surface area contributed by atoms with E-state index in [4.69, 9.17) is 0 Å². The van der Waals surface area contributed by atoms with E-state index in [1.54, 1.807) is 11.1 Å². The molecule has 4 heterocycles. The van der Waals surface area contributed by atoms with E-state index in [9.17, 15) is 14.4 Å². The fraction of sp³-hybridized carbons (Fsp3) is 0.364. The first kappa shape index (κ1) is 18.9. The minimum atomic E-state index is -0.598. The second-order valence-electron chi connectivity index (χ2n) is 8.11. The number of carbonyl (C=O) groups is 3. The van der Waals surface area contributed by atoms with Gasteiger partial charge in [0.1, 0.15) is 6.04 Å². The van der Waals surface area contributed by atoms with Crippen molar-refractivity contribution in [1.82, 2.24) is 25.8 Å². The summed E-state index contributed by atoms with van der Waals surface area (Å²) in [4.78, 5) is 43.1. The second kappa shape index (κ2) is 7.30. The van der Waals surface area contributed by atoms with Crippen LogP contribution in [0.25, 0.3) is 0 Å². The van der Waals surface area contributed by atoms with Crippen LogP contribution >= 0.6 is 0 Å². The summed E-state index contributed by atoms with van der Waals surface area (Å²) in [5.41, 5.74) is 3.22. The van der Waals surface area contributed by atoms with Crippen LogP contribution in [0.15, 0.2) is 42.6 Å². The third-order valence-electron chi connectivity index (χ3n) is 6.26. The van der Waals surface area contributed by atoms with Crippen molar-refractivity contribution in [3.05, 3.63) is 65.0 Å². The van der Waals surface area contributed by atoms with Gasteiger partial charge in [0, 0.05) is 44.4 Å². The summed E-state index contributed by atoms with van der Waals surface area (Å²) in [6, 6.07) is 11.1. The highest BCUT2D eigenvalue weighted by molar-refractivity contribution is 6.06. The Labute approximate surface area is 174 Å². The van der Waals surface area contributed by atoms with Crippen LogP contribution < -0.4 is 16.0 Å². The lowest BCUT2D eigenvalue weighted by molar-refractivity contribution is -0.136. The normalized spacial score (nSPS) is 22.5. The van der Waals surface area contributed by atoms with Crippen molar-refractivity contribution in [2.75, 3.05) is 13.1 Å². The summed E-state index contributed by atoms with van der Waals surface area (Å²) in [6.07, 6.45) is 2.41. The molecule has 1 atom stereocenters. The molecular formula is C22H23N5O3. The van der Waals surface area contributed by atoms with E-state index in [0.717, 1.165) is 29.9 Å². The number of carbonyl (C=O) groups excluding carboxylic acids is 3. The SMILES string of the molecule is O=C1CCC(N2Cc3cccc(CNC4(c5ccccn5)CNC4)c3C2=O)C(=O)N1. The Morgan fingerprint density at radius 3 is 2.70 bits per heavy atom. The van der Waals surface area contributed by atoms with Gasteiger partial charge in [0.05, 0.1) is 11.2 Å². The van der Waals surface area contributed by atoms with Crippen LogP contribution in [0, 0.1) is 0 Å². The van der Waals surface area contributed by atoms with E-state index in [1.807, 2.05) is 36.4 Å². The summed E-state index contributed by atoms with van der Waals surface area (Å²) in [6.45, 7) is 2.46. The lowest BCUT2D eigenvalue weighted by Gasteiger charge is -2.43. The fourth-order valence-electron chi connectivity index (χ4n) is 4.52. The summed E-state index contributed by atoms with van der Waals surface area (Å²) < 4.78 is 0. The molecule has 1 aromatic heterocycles. The molecular weight excluding hydrogens is 382 g/mol. The first-order valence-corrected chi connectivity index (χ1v) is 10.2. The van der Waals surface area contributed by atoms with Crippen LogP contribution in [0.1, 0.15) is 40.0 Å². The first-order chi connectivity index (χ1) is 14.6. The molecule has 2 saturated heterocycles. The molecule has 1 unspecified atom stereocenters. The molecule has 154 valence electrons. The maximum absolute atomic E-state index is 13.2. The number of fused-ring (bicyclic) bond motifs is 1. The Morgan fingerprint density at radius 2 is 2.00 bits per heavy atom. The van der Waals surface area contributed by atoms with Crippen LogP contribution in [0.3, 0.4) is 0 Å². The molecule has 3 aliphatic rings. The Balaban J connectivity index is 1.36. The average Bonchev–Trinajstić information content (AvgIpc) is 3.05. The molecule has 3 N–H and O–H groups in total. The molecule has 2 fully saturated rings. The molecule has 0 aliphatic carbocycles. The number of rotatable bonds is 5. The minimum Gasteiger partial charge on any atom is -0.322 e. The second-order valence-corrected chi connectivity index (χ2v) is 8.11. The van der Waals surface area contributed by atoms with Gasteiger partial charge in [-0.3, -0.25) is 30.0 Å². The number of nitrogens with zero attached hydrogens (tertiary/aromatic N) is 2. The fourth-order valence-corrected chi connectivity index (χ4v) is 4.52. The number of benzene rings is 1. The van der Waals surface area contributed by atoms with E-state index in [1.165, 1.54) is 0 Å². The number of hydrogen-bond acceptors (Lipinski definition) is 6. The molecule has 0 spiro atoms. The quantitative estimate of drug-likeness (QED) is 0.624. The van der Waals surface area contributed by atoms with Gasteiger partial charge in [0.15, 0.2) is 0 Å². The van der Waals surface area contributed by atoms with E-state index < -0.39 is 6.04 Å². The molecule has 8 nitrogen and oxygen atoms in total. The molecule has 30 heavy (non-hydrogen) atoms. The van der Waals surface area contributed by atoms with Gasteiger partial charge in [0.25, 0.3) is 5.91 Å². The van der Waals surface area contributed by atoms with Crippen molar-refractivity contribution in [3.63, 3.8) is 0 Å². The van der Waals surface area contributed by atoms with Gasteiger partial charge in [-0.2, -0.15) is 0 Å². The summed E-state index contributed by atoms with van der Waals surface area (Å²) in [5, 5.41) is 9.26. The number of hydrogen-bond donors (Lipinski definition) is 3. The highest BCUT2D eigenvalue weighted by Gasteiger charge is 2.42. The molecule has 3 aliphatic heterocycles. The molecule has 2 aromatic rings. The van der Waals surface area contributed by atoms with Crippen molar-refractivity contribution in [2.24, 2.45) is 0 Å². The number of pyridine rings is 1. The largest absolute Gasteiger partial charge is 0.322 e. The lowest BCUT2D eigenvalue weighted by atomic mass is 9.87. The number of imide groups is 1. The third kappa shape index (κ3) is 3.09. The van der Waals surface area contributed by atoms with Crippen LogP contribution in [0.5, 0.6) is 0 Å². The van der Waals surface area contributed by atoms with E-state index in [0.29, 0.717) is 25.1 Å². The van der Waals surface area contributed by atoms with Gasteiger partial charge in [-0.05, 0) is 29.7 Å². The van der Waals surface area contributed by atoms with Crippen LogP contribution in [0.2, 0.25) is 0 Å². The predicted octanol–water partition coefficient (Wildman–Crippen LogP) is 0.431. The number of nitrogens with one attached hydrogen (secondary N) is 3. The third-order valence-corrected chi connectivity index (χ3v) is 6.26. The number of piperidine rings is 1. The zero-order valence-corrected chi connectivity index (χ0v) is 16.5. The summed E-state index contributed by atoms with van der Waals surface area (Å²) in [7, 11) is 0. The van der Waals surface area contributed by atoms with E-state index >= 15 is 0 Å². The van der Waals surface area contributed by atoms with Crippen molar-refractivity contribution >= 4 is 17.7 Å². The standard InChI is InChI=1S/C22H23N5O3/c28-18-8-7-16(20(29)26-18)27-11-15-5-3-4-14(19(15)21(27)30)10-25-22(12-23-13-22)17-6-1-2-9-24-17/h1-6,9,16,23,25H,7-8,10-13H2,(H,26,28,29). The van der Waals surface area contributed by atoms with Gasteiger partial charge in [-0.25, -0.2) is 0 Å². The highest BCUT2D eigenvalue weighted by Crippen LogP contribution is 2.31. The topological polar surface area (TPSA) is 103 Å². The summed E-state index contributed by atoms with van der Waals surface area (Å²) >= 11 is 0. The molecule has 1 aromatic carbocycles. The average molecular weight is 405 g/mol. The lowest BCUT2D eigenvalue weighted by Crippen LogP contribution is -2.65. The number of amides is 3. The molecule has 0 saturated carbocycles. The van der Waals surface area contributed by atoms with Gasteiger partial charge >= 0.3 is 0 Å². The van der Waals surface area contributed by atoms with E-state index in [-0.39, 0.29) is 29.7 Å². The maximum Gasteiger partial charge on any atom is 0.255 e. The minimum absolute atomic E-state index is 0.143. The Morgan fingerprint density at radius 1 is 1.13 bits per heavy atom. The van der Waals surface area contributed by atoms with Crippen molar-refractivity contribution < 1.29 is 14.4 Å². The van der Waals surface area contributed by atoms with Crippen molar-refractivity contribution in [1.29, 1.82) is 0 Å². The van der Waals surface area contributed by atoms with Crippen LogP contribution in [-0.4, -0.2) is 46.7 Å². The molecule has 0 radical (unpaired) electrons. The Bertz CT molecular complexity index is 1020. The number of aromatic nitrogens is 1. The van der Waals surface area contributed by atoms with Crippen molar-refractivity contribution in [2.45, 2.75) is 37.5 Å². The van der Waals surface area contributed by atoms with Gasteiger partial charge in [-0.15, -0.1) is 0 Å². The van der Waals surface area contributed by atoms with Crippen LogP contribution in [-0.2, 0) is 28.2 Å². The molecule has 8 heteroatoms. The zero-order chi connectivity index (χ0) is 20.7. The maximum atomic E-state index is 13.2. The van der Waals surface area contributed by atoms with Gasteiger partial charge in [-0.1, -0.05) is 24.3 Å². The van der Waals surface area contributed by atoms with E-state index in [2.05, 4.69) is 20.9 Å². The smallest absolute Gasteiger partial charge is 0.255 e. The highest BCUT2D eigenvalue weighted by atomic mass is 16.2. The van der Waals surface area contributed by atoms with Gasteiger partial charge < -0.3 is 10.2 Å². The molecule has 5 rings (SSSR count). The Hall–Kier alpha value is -3.10. The van der Waals surface area contributed by atoms with Gasteiger partial charge in [0.2, 0.25) is 11.8 Å².